The quantitative estimate of drug-likeness (QED) is 0.620. The molecule has 0 bridgehead atoms. The fourth-order valence-electron chi connectivity index (χ4n) is 1.73. The number of hydrogen-bond donors (Lipinski definition) is 2. The van der Waals surface area contributed by atoms with Crippen molar-refractivity contribution in [3.8, 4) is 0 Å². The topological polar surface area (TPSA) is 108 Å². The van der Waals surface area contributed by atoms with Gasteiger partial charge in [0.1, 0.15) is 18.9 Å². The number of aromatic amines is 1. The van der Waals surface area contributed by atoms with E-state index in [-0.39, 0.29) is 12.4 Å². The third-order valence-corrected chi connectivity index (χ3v) is 2.52. The molecule has 90 valence electrons. The average molecular weight is 237 g/mol. The van der Waals surface area contributed by atoms with Crippen molar-refractivity contribution >= 4 is 17.7 Å². The first-order chi connectivity index (χ1) is 8.13. The average Bonchev–Trinajstić information content (AvgIpc) is 2.80. The smallest absolute Gasteiger partial charge is 0.292 e. The van der Waals surface area contributed by atoms with Crippen molar-refractivity contribution in [2.24, 2.45) is 0 Å². The van der Waals surface area contributed by atoms with Gasteiger partial charge in [-0.1, -0.05) is 6.92 Å². The van der Waals surface area contributed by atoms with Crippen molar-refractivity contribution in [2.75, 3.05) is 6.54 Å². The molecule has 1 aliphatic heterocycles. The molecule has 0 aromatic carbocycles. The van der Waals surface area contributed by atoms with Crippen LogP contribution in [0.15, 0.2) is 6.33 Å². The number of imide groups is 1. The van der Waals surface area contributed by atoms with E-state index in [0.717, 1.165) is 0 Å². The molecule has 3 amide bonds. The highest BCUT2D eigenvalue weighted by Gasteiger charge is 2.36. The van der Waals surface area contributed by atoms with Gasteiger partial charge in [-0.25, -0.2) is 4.98 Å². The van der Waals surface area contributed by atoms with E-state index < -0.39 is 23.8 Å². The number of H-pyrrole nitrogens is 1. The molecule has 1 fully saturated rings. The van der Waals surface area contributed by atoms with Crippen LogP contribution in [0.2, 0.25) is 0 Å². The van der Waals surface area contributed by atoms with Crippen LogP contribution >= 0.6 is 0 Å². The molecule has 2 N–H and O–H groups in total. The maximum atomic E-state index is 12.0. The molecule has 1 aromatic rings. The standard InChI is InChI=1S/C9H11N5O3/c1-2-5-8(16)12-6(15)3-14(5)9(17)7-10-4-11-13-7/h4-5H,2-3H2,1H3,(H,10,11,13)(H,12,15,16). The van der Waals surface area contributed by atoms with Crippen molar-refractivity contribution in [1.29, 1.82) is 0 Å². The maximum absolute atomic E-state index is 12.0. The highest BCUT2D eigenvalue weighted by Crippen LogP contribution is 2.11. The lowest BCUT2D eigenvalue weighted by Gasteiger charge is -2.32. The highest BCUT2D eigenvalue weighted by molar-refractivity contribution is 6.06. The number of piperazine rings is 1. The fraction of sp³-hybridized carbons (Fsp3) is 0.444. The second kappa shape index (κ2) is 4.32. The summed E-state index contributed by atoms with van der Waals surface area (Å²) < 4.78 is 0. The Bertz CT molecular complexity index is 455. The van der Waals surface area contributed by atoms with Gasteiger partial charge in [0.25, 0.3) is 5.91 Å². The van der Waals surface area contributed by atoms with E-state index in [2.05, 4.69) is 20.5 Å². The van der Waals surface area contributed by atoms with E-state index in [1.807, 2.05) is 0 Å². The van der Waals surface area contributed by atoms with Crippen molar-refractivity contribution in [1.82, 2.24) is 25.4 Å². The molecular weight excluding hydrogens is 226 g/mol. The van der Waals surface area contributed by atoms with Gasteiger partial charge >= 0.3 is 0 Å². The lowest BCUT2D eigenvalue weighted by molar-refractivity contribution is -0.138. The van der Waals surface area contributed by atoms with Crippen LogP contribution in [0.3, 0.4) is 0 Å². The Labute approximate surface area is 96.4 Å². The van der Waals surface area contributed by atoms with Crippen LogP contribution < -0.4 is 5.32 Å². The zero-order valence-electron chi connectivity index (χ0n) is 9.14. The molecule has 8 nitrogen and oxygen atoms in total. The molecule has 2 heterocycles. The molecule has 17 heavy (non-hydrogen) atoms. The zero-order chi connectivity index (χ0) is 12.4. The second-order valence-corrected chi connectivity index (χ2v) is 3.60. The summed E-state index contributed by atoms with van der Waals surface area (Å²) in [7, 11) is 0. The Morgan fingerprint density at radius 1 is 1.59 bits per heavy atom. The minimum Gasteiger partial charge on any atom is -0.315 e. The molecular formula is C9H11N5O3. The SMILES string of the molecule is CCC1C(=O)NC(=O)CN1C(=O)c1ncn[nH]1. The summed E-state index contributed by atoms with van der Waals surface area (Å²) in [6, 6.07) is -0.648. The van der Waals surface area contributed by atoms with Crippen molar-refractivity contribution in [3.63, 3.8) is 0 Å². The van der Waals surface area contributed by atoms with E-state index >= 15 is 0 Å². The van der Waals surface area contributed by atoms with Gasteiger partial charge in [-0.2, -0.15) is 5.10 Å². The second-order valence-electron chi connectivity index (χ2n) is 3.60. The zero-order valence-corrected chi connectivity index (χ0v) is 9.14. The number of nitrogens with one attached hydrogen (secondary N) is 2. The first-order valence-corrected chi connectivity index (χ1v) is 5.13. The van der Waals surface area contributed by atoms with Gasteiger partial charge < -0.3 is 4.90 Å². The summed E-state index contributed by atoms with van der Waals surface area (Å²) in [5.74, 6) is -1.44. The summed E-state index contributed by atoms with van der Waals surface area (Å²) in [6.07, 6.45) is 1.62. The molecule has 1 aliphatic rings. The van der Waals surface area contributed by atoms with Gasteiger partial charge in [-0.15, -0.1) is 0 Å². The van der Waals surface area contributed by atoms with Crippen LogP contribution in [-0.4, -0.2) is 50.4 Å². The molecule has 0 aliphatic carbocycles. The molecule has 1 saturated heterocycles. The van der Waals surface area contributed by atoms with E-state index in [1.54, 1.807) is 6.92 Å². The number of nitrogens with zero attached hydrogens (tertiary/aromatic N) is 3. The third kappa shape index (κ3) is 2.01. The minimum atomic E-state index is -0.648. The first-order valence-electron chi connectivity index (χ1n) is 5.13. The van der Waals surface area contributed by atoms with Gasteiger partial charge in [-0.05, 0) is 6.42 Å². The molecule has 0 radical (unpaired) electrons. The molecule has 1 aromatic heterocycles. The summed E-state index contributed by atoms with van der Waals surface area (Å²) >= 11 is 0. The number of hydrogen-bond acceptors (Lipinski definition) is 5. The normalized spacial score (nSPS) is 20.3. The van der Waals surface area contributed by atoms with Crippen LogP contribution in [0.25, 0.3) is 0 Å². The largest absolute Gasteiger partial charge is 0.315 e. The molecule has 1 atom stereocenters. The Morgan fingerprint density at radius 2 is 2.35 bits per heavy atom. The van der Waals surface area contributed by atoms with Crippen molar-refractivity contribution in [2.45, 2.75) is 19.4 Å². The Kier molecular flexibility index (Phi) is 2.86. The monoisotopic (exact) mass is 237 g/mol. The highest BCUT2D eigenvalue weighted by atomic mass is 16.2. The van der Waals surface area contributed by atoms with Crippen LogP contribution in [0.5, 0.6) is 0 Å². The summed E-state index contributed by atoms with van der Waals surface area (Å²) in [4.78, 5) is 39.7. The number of aromatic nitrogens is 3. The van der Waals surface area contributed by atoms with Gasteiger partial charge in [0.05, 0.1) is 0 Å². The van der Waals surface area contributed by atoms with Gasteiger partial charge in [0.2, 0.25) is 17.6 Å². The van der Waals surface area contributed by atoms with Gasteiger partial charge in [0, 0.05) is 0 Å². The Hall–Kier alpha value is -2.25. The van der Waals surface area contributed by atoms with E-state index in [9.17, 15) is 14.4 Å². The van der Waals surface area contributed by atoms with E-state index in [1.165, 1.54) is 11.2 Å². The van der Waals surface area contributed by atoms with E-state index in [4.69, 9.17) is 0 Å². The van der Waals surface area contributed by atoms with Crippen LogP contribution in [0.1, 0.15) is 24.0 Å². The minimum absolute atomic E-state index is 0.0194. The van der Waals surface area contributed by atoms with Crippen molar-refractivity contribution < 1.29 is 14.4 Å². The molecule has 0 spiro atoms. The fourth-order valence-corrected chi connectivity index (χ4v) is 1.73. The summed E-state index contributed by atoms with van der Waals surface area (Å²) in [5, 5.41) is 8.16. The maximum Gasteiger partial charge on any atom is 0.292 e. The van der Waals surface area contributed by atoms with Crippen LogP contribution in [0, 0.1) is 0 Å². The van der Waals surface area contributed by atoms with Crippen LogP contribution in [-0.2, 0) is 9.59 Å². The van der Waals surface area contributed by atoms with Gasteiger partial charge in [-0.3, -0.25) is 24.8 Å². The first kappa shape index (κ1) is 11.2. The van der Waals surface area contributed by atoms with Crippen molar-refractivity contribution in [3.05, 3.63) is 12.2 Å². The molecule has 0 saturated carbocycles. The van der Waals surface area contributed by atoms with Crippen LogP contribution in [0.4, 0.5) is 0 Å². The number of carbonyl (C=O) groups excluding carboxylic acids is 3. The lowest BCUT2D eigenvalue weighted by Crippen LogP contribution is -2.59. The molecule has 2 rings (SSSR count). The predicted octanol–water partition coefficient (Wildman–Crippen LogP) is -1.32. The number of carbonyl (C=O) groups is 3. The summed E-state index contributed by atoms with van der Waals surface area (Å²) in [5.41, 5.74) is 0. The number of rotatable bonds is 2. The van der Waals surface area contributed by atoms with E-state index in [0.29, 0.717) is 6.42 Å². The number of amides is 3. The third-order valence-electron chi connectivity index (χ3n) is 2.52. The molecule has 8 heteroatoms. The Balaban J connectivity index is 2.25. The summed E-state index contributed by atoms with van der Waals surface area (Å²) in [6.45, 7) is 1.62. The lowest BCUT2D eigenvalue weighted by atomic mass is 10.1. The molecule has 1 unspecified atom stereocenters. The predicted molar refractivity (Wildman–Crippen MR) is 54.6 cm³/mol. The van der Waals surface area contributed by atoms with Gasteiger partial charge in [0.15, 0.2) is 0 Å². The Morgan fingerprint density at radius 3 is 2.94 bits per heavy atom.